The molecule has 4 nitrogen and oxygen atoms in total. The number of nitrogens with zero attached hydrogens (tertiary/aromatic N) is 2. The van der Waals surface area contributed by atoms with E-state index < -0.39 is 6.43 Å². The van der Waals surface area contributed by atoms with Crippen LogP contribution in [0.15, 0.2) is 6.20 Å². The van der Waals surface area contributed by atoms with E-state index in [-0.39, 0.29) is 18.3 Å². The predicted octanol–water partition coefficient (Wildman–Crippen LogP) is 2.59. The van der Waals surface area contributed by atoms with E-state index in [1.165, 1.54) is 0 Å². The molecular weight excluding hydrogens is 240 g/mol. The van der Waals surface area contributed by atoms with Crippen molar-refractivity contribution in [1.29, 1.82) is 0 Å². The average Bonchev–Trinajstić information content (AvgIpc) is 2.83. The second-order valence-electron chi connectivity index (χ2n) is 4.82. The van der Waals surface area contributed by atoms with Crippen LogP contribution in [0.5, 0.6) is 0 Å². The van der Waals surface area contributed by atoms with E-state index in [1.807, 2.05) is 0 Å². The number of hydrogen-bond donors (Lipinski definition) is 2. The lowest BCUT2D eigenvalue weighted by Gasteiger charge is -2.27. The first-order chi connectivity index (χ1) is 8.65. The van der Waals surface area contributed by atoms with Crippen molar-refractivity contribution in [3.05, 3.63) is 11.9 Å². The summed E-state index contributed by atoms with van der Waals surface area (Å²) >= 11 is 0. The molecule has 6 heteroatoms. The smallest absolute Gasteiger partial charge is 0.284 e. The molecule has 0 spiro atoms. The maximum atomic E-state index is 12.8. The molecule has 2 rings (SSSR count). The van der Waals surface area contributed by atoms with Crippen LogP contribution in [0.4, 0.5) is 14.5 Å². The highest BCUT2D eigenvalue weighted by atomic mass is 19.3. The maximum Gasteiger partial charge on any atom is 0.284 e. The minimum atomic E-state index is -2.55. The minimum Gasteiger partial charge on any atom is -0.396 e. The number of hydrogen-bond acceptors (Lipinski definition) is 3. The Morgan fingerprint density at radius 2 is 2.11 bits per heavy atom. The Hall–Kier alpha value is -1.17. The molecule has 0 saturated heterocycles. The van der Waals surface area contributed by atoms with Gasteiger partial charge in [0.1, 0.15) is 0 Å². The zero-order valence-corrected chi connectivity index (χ0v) is 10.4. The second kappa shape index (κ2) is 5.65. The second-order valence-corrected chi connectivity index (χ2v) is 4.82. The van der Waals surface area contributed by atoms with Crippen molar-refractivity contribution in [3.8, 4) is 0 Å². The molecule has 0 atom stereocenters. The Bertz CT molecular complexity index is 387. The Kier molecular flexibility index (Phi) is 4.16. The summed E-state index contributed by atoms with van der Waals surface area (Å²) in [6.07, 6.45) is 2.74. The molecule has 1 aliphatic rings. The lowest BCUT2D eigenvalue weighted by molar-refractivity contribution is 0.142. The van der Waals surface area contributed by atoms with Crippen molar-refractivity contribution in [3.63, 3.8) is 0 Å². The maximum absolute atomic E-state index is 12.8. The molecule has 1 fully saturated rings. The lowest BCUT2D eigenvalue weighted by Crippen LogP contribution is -2.20. The molecule has 0 bridgehead atoms. The minimum absolute atomic E-state index is 0.174. The van der Waals surface area contributed by atoms with Gasteiger partial charge in [-0.3, -0.25) is 4.68 Å². The highest BCUT2D eigenvalue weighted by molar-refractivity contribution is 5.46. The van der Waals surface area contributed by atoms with Gasteiger partial charge in [-0.05, 0) is 31.6 Å². The van der Waals surface area contributed by atoms with E-state index in [4.69, 9.17) is 5.11 Å². The molecule has 1 aliphatic carbocycles. The lowest BCUT2D eigenvalue weighted by atomic mass is 9.87. The van der Waals surface area contributed by atoms with Crippen LogP contribution in [0.1, 0.15) is 43.8 Å². The normalized spacial score (nSPS) is 24.5. The van der Waals surface area contributed by atoms with Crippen LogP contribution in [0.3, 0.4) is 0 Å². The van der Waals surface area contributed by atoms with Crippen LogP contribution in [0, 0.1) is 5.92 Å². The van der Waals surface area contributed by atoms with Crippen molar-refractivity contribution in [2.75, 3.05) is 19.0 Å². The van der Waals surface area contributed by atoms with Crippen LogP contribution in [-0.4, -0.2) is 28.5 Å². The summed E-state index contributed by atoms with van der Waals surface area (Å²) < 4.78 is 27.2. The predicted molar refractivity (Wildman–Crippen MR) is 64.8 cm³/mol. The van der Waals surface area contributed by atoms with Crippen LogP contribution in [0.2, 0.25) is 0 Å². The summed E-state index contributed by atoms with van der Waals surface area (Å²) in [5.41, 5.74) is 0.219. The average molecular weight is 259 g/mol. The first-order valence-electron chi connectivity index (χ1n) is 6.31. The Morgan fingerprint density at radius 3 is 2.56 bits per heavy atom. The standard InChI is InChI=1S/C12H19F2N3O/c1-15-10-6-17(16-11(10)12(13)14)9-4-2-8(7-18)3-5-9/h6,8-9,12,15,18H,2-5,7H2,1H3. The third kappa shape index (κ3) is 2.63. The molecular formula is C12H19F2N3O. The summed E-state index contributed by atoms with van der Waals surface area (Å²) in [7, 11) is 1.62. The van der Waals surface area contributed by atoms with Crippen LogP contribution < -0.4 is 5.32 Å². The molecule has 0 amide bonds. The van der Waals surface area contributed by atoms with Crippen molar-refractivity contribution in [2.24, 2.45) is 5.92 Å². The van der Waals surface area contributed by atoms with Gasteiger partial charge in [0.25, 0.3) is 6.43 Å². The van der Waals surface area contributed by atoms with Gasteiger partial charge in [0.05, 0.1) is 11.7 Å². The fraction of sp³-hybridized carbons (Fsp3) is 0.750. The molecule has 1 saturated carbocycles. The summed E-state index contributed by atoms with van der Waals surface area (Å²) in [6.45, 7) is 0.218. The SMILES string of the molecule is CNc1cn(C2CCC(CO)CC2)nc1C(F)F. The zero-order chi connectivity index (χ0) is 13.1. The molecule has 1 aromatic rings. The van der Waals surface area contributed by atoms with E-state index in [0.29, 0.717) is 11.6 Å². The number of aliphatic hydroxyl groups excluding tert-OH is 1. The molecule has 0 radical (unpaired) electrons. The van der Waals surface area contributed by atoms with E-state index in [0.717, 1.165) is 25.7 Å². The number of rotatable bonds is 4. The van der Waals surface area contributed by atoms with E-state index >= 15 is 0 Å². The van der Waals surface area contributed by atoms with Crippen LogP contribution >= 0.6 is 0 Å². The topological polar surface area (TPSA) is 50.1 Å². The fourth-order valence-electron chi connectivity index (χ4n) is 2.54. The van der Waals surface area contributed by atoms with Gasteiger partial charge in [-0.15, -0.1) is 0 Å². The summed E-state index contributed by atoms with van der Waals surface area (Å²) in [6, 6.07) is 0.174. The van der Waals surface area contributed by atoms with Gasteiger partial charge >= 0.3 is 0 Å². The van der Waals surface area contributed by atoms with E-state index in [1.54, 1.807) is 17.9 Å². The van der Waals surface area contributed by atoms with Gasteiger partial charge in [0.2, 0.25) is 0 Å². The van der Waals surface area contributed by atoms with Gasteiger partial charge in [0.15, 0.2) is 5.69 Å². The van der Waals surface area contributed by atoms with Gasteiger partial charge in [-0.1, -0.05) is 0 Å². The third-order valence-electron chi connectivity index (χ3n) is 3.69. The molecule has 1 heterocycles. The number of alkyl halides is 2. The third-order valence-corrected chi connectivity index (χ3v) is 3.69. The highest BCUT2D eigenvalue weighted by Crippen LogP contribution is 2.34. The number of nitrogens with one attached hydrogen (secondary N) is 1. The fourth-order valence-corrected chi connectivity index (χ4v) is 2.54. The molecule has 0 aromatic carbocycles. The molecule has 0 unspecified atom stereocenters. The molecule has 1 aromatic heterocycles. The molecule has 0 aliphatic heterocycles. The van der Waals surface area contributed by atoms with Crippen molar-refractivity contribution in [1.82, 2.24) is 9.78 Å². The number of aromatic nitrogens is 2. The Morgan fingerprint density at radius 1 is 1.44 bits per heavy atom. The first kappa shape index (κ1) is 13.3. The van der Waals surface area contributed by atoms with Gasteiger partial charge in [-0.2, -0.15) is 5.10 Å². The van der Waals surface area contributed by atoms with E-state index in [2.05, 4.69) is 10.4 Å². The Balaban J connectivity index is 2.10. The highest BCUT2D eigenvalue weighted by Gasteiger charge is 2.25. The van der Waals surface area contributed by atoms with Crippen LogP contribution in [0.25, 0.3) is 0 Å². The van der Waals surface area contributed by atoms with E-state index in [9.17, 15) is 8.78 Å². The largest absolute Gasteiger partial charge is 0.396 e. The van der Waals surface area contributed by atoms with Gasteiger partial charge < -0.3 is 10.4 Å². The number of anilines is 1. The molecule has 2 N–H and O–H groups in total. The summed E-state index contributed by atoms with van der Waals surface area (Å²) in [5, 5.41) is 15.8. The molecule has 102 valence electrons. The van der Waals surface area contributed by atoms with Crippen molar-refractivity contribution < 1.29 is 13.9 Å². The summed E-state index contributed by atoms with van der Waals surface area (Å²) in [5.74, 6) is 0.357. The molecule has 18 heavy (non-hydrogen) atoms. The quantitative estimate of drug-likeness (QED) is 0.873. The van der Waals surface area contributed by atoms with Gasteiger partial charge in [0, 0.05) is 19.9 Å². The number of aliphatic hydroxyl groups is 1. The van der Waals surface area contributed by atoms with Crippen molar-refractivity contribution >= 4 is 5.69 Å². The van der Waals surface area contributed by atoms with Crippen LogP contribution in [-0.2, 0) is 0 Å². The summed E-state index contributed by atoms with van der Waals surface area (Å²) in [4.78, 5) is 0. The van der Waals surface area contributed by atoms with Gasteiger partial charge in [-0.25, -0.2) is 8.78 Å². The first-order valence-corrected chi connectivity index (χ1v) is 6.31. The Labute approximate surface area is 105 Å². The zero-order valence-electron chi connectivity index (χ0n) is 10.4. The van der Waals surface area contributed by atoms with Crippen molar-refractivity contribution in [2.45, 2.75) is 38.2 Å². The number of halogens is 2. The monoisotopic (exact) mass is 259 g/mol.